The van der Waals surface area contributed by atoms with Crippen molar-refractivity contribution in [2.45, 2.75) is 63.6 Å². The average Bonchev–Trinajstić information content (AvgIpc) is 2.64. The van der Waals surface area contributed by atoms with E-state index in [0.29, 0.717) is 0 Å². The van der Waals surface area contributed by atoms with Crippen LogP contribution in [-0.4, -0.2) is 23.0 Å². The molecule has 3 rings (SSSR count). The van der Waals surface area contributed by atoms with Gasteiger partial charge in [-0.1, -0.05) is 6.42 Å². The molecule has 0 spiro atoms. The van der Waals surface area contributed by atoms with Crippen molar-refractivity contribution in [2.75, 3.05) is 0 Å². The van der Waals surface area contributed by atoms with Gasteiger partial charge in [-0.25, -0.2) is 0 Å². The van der Waals surface area contributed by atoms with E-state index in [1.165, 1.54) is 32.1 Å². The van der Waals surface area contributed by atoms with E-state index in [-0.39, 0.29) is 0 Å². The molecule has 0 radical (unpaired) electrons. The van der Waals surface area contributed by atoms with Crippen molar-refractivity contribution >= 4 is 0 Å². The molecule has 2 aliphatic heterocycles. The standard InChI is InChI=1S/C11H19N/c1-8-3-2-4-11-9-5-6-10(7-9)12(8)11/h8-11H,2-7H2,1H3. The first-order chi connectivity index (χ1) is 5.86. The van der Waals surface area contributed by atoms with Gasteiger partial charge in [0.2, 0.25) is 0 Å². The van der Waals surface area contributed by atoms with Gasteiger partial charge in [-0.05, 0) is 44.9 Å². The largest absolute Gasteiger partial charge is 0.294 e. The maximum absolute atomic E-state index is 2.86. The summed E-state index contributed by atoms with van der Waals surface area (Å²) in [5.74, 6) is 1.10. The van der Waals surface area contributed by atoms with Gasteiger partial charge >= 0.3 is 0 Å². The fourth-order valence-electron chi connectivity index (χ4n) is 3.97. The number of hydrogen-bond donors (Lipinski definition) is 0. The van der Waals surface area contributed by atoms with E-state index in [4.69, 9.17) is 0 Å². The lowest BCUT2D eigenvalue weighted by Crippen LogP contribution is -2.48. The van der Waals surface area contributed by atoms with Crippen LogP contribution in [0.15, 0.2) is 0 Å². The molecular formula is C11H19N. The van der Waals surface area contributed by atoms with E-state index >= 15 is 0 Å². The highest BCUT2D eigenvalue weighted by Gasteiger charge is 2.48. The summed E-state index contributed by atoms with van der Waals surface area (Å²) >= 11 is 0. The third kappa shape index (κ3) is 0.834. The Labute approximate surface area is 75.1 Å². The third-order valence-electron chi connectivity index (χ3n) is 4.42. The zero-order valence-electron chi connectivity index (χ0n) is 8.00. The molecule has 2 saturated heterocycles. The molecule has 3 aliphatic rings. The summed E-state index contributed by atoms with van der Waals surface area (Å²) in [6.45, 7) is 2.44. The molecule has 1 aliphatic carbocycles. The first-order valence-corrected chi connectivity index (χ1v) is 5.63. The molecule has 4 atom stereocenters. The summed E-state index contributed by atoms with van der Waals surface area (Å²) in [4.78, 5) is 2.86. The Morgan fingerprint density at radius 1 is 1.08 bits per heavy atom. The Morgan fingerprint density at radius 3 is 2.83 bits per heavy atom. The van der Waals surface area contributed by atoms with E-state index in [1.807, 2.05) is 0 Å². The number of rotatable bonds is 0. The van der Waals surface area contributed by atoms with Crippen LogP contribution in [0.2, 0.25) is 0 Å². The summed E-state index contributed by atoms with van der Waals surface area (Å²) in [6.07, 6.45) is 9.04. The molecule has 1 nitrogen and oxygen atoms in total. The van der Waals surface area contributed by atoms with Gasteiger partial charge in [0.05, 0.1) is 0 Å². The minimum Gasteiger partial charge on any atom is -0.294 e. The van der Waals surface area contributed by atoms with Crippen LogP contribution in [-0.2, 0) is 0 Å². The van der Waals surface area contributed by atoms with Gasteiger partial charge < -0.3 is 0 Å². The molecule has 0 aromatic rings. The number of fused-ring (bicyclic) bond motifs is 5. The van der Waals surface area contributed by atoms with Crippen molar-refractivity contribution < 1.29 is 0 Å². The van der Waals surface area contributed by atoms with E-state index in [0.717, 1.165) is 24.0 Å². The van der Waals surface area contributed by atoms with Crippen molar-refractivity contribution in [1.82, 2.24) is 4.90 Å². The number of nitrogens with zero attached hydrogens (tertiary/aromatic N) is 1. The summed E-state index contributed by atoms with van der Waals surface area (Å²) in [5, 5.41) is 0. The summed E-state index contributed by atoms with van der Waals surface area (Å²) in [6, 6.07) is 2.90. The van der Waals surface area contributed by atoms with Gasteiger partial charge in [-0.2, -0.15) is 0 Å². The number of hydrogen-bond acceptors (Lipinski definition) is 1. The minimum absolute atomic E-state index is 0.902. The van der Waals surface area contributed by atoms with E-state index < -0.39 is 0 Å². The second kappa shape index (κ2) is 2.47. The van der Waals surface area contributed by atoms with Crippen molar-refractivity contribution in [1.29, 1.82) is 0 Å². The van der Waals surface area contributed by atoms with Crippen molar-refractivity contribution in [3.8, 4) is 0 Å². The van der Waals surface area contributed by atoms with Crippen molar-refractivity contribution in [2.24, 2.45) is 5.92 Å². The quantitative estimate of drug-likeness (QED) is 0.533. The molecule has 4 unspecified atom stereocenters. The fourth-order valence-corrected chi connectivity index (χ4v) is 3.97. The monoisotopic (exact) mass is 165 g/mol. The molecule has 0 aromatic carbocycles. The average molecular weight is 165 g/mol. The van der Waals surface area contributed by atoms with Crippen molar-refractivity contribution in [3.63, 3.8) is 0 Å². The fraction of sp³-hybridized carbons (Fsp3) is 1.00. The molecule has 2 bridgehead atoms. The lowest BCUT2D eigenvalue weighted by molar-refractivity contribution is 0.0540. The zero-order chi connectivity index (χ0) is 8.13. The van der Waals surface area contributed by atoms with Gasteiger partial charge in [0, 0.05) is 18.1 Å². The van der Waals surface area contributed by atoms with Gasteiger partial charge in [0.1, 0.15) is 0 Å². The normalized spacial score (nSPS) is 52.8. The summed E-state index contributed by atoms with van der Waals surface area (Å²) in [5.41, 5.74) is 0. The van der Waals surface area contributed by atoms with Gasteiger partial charge in [0.15, 0.2) is 0 Å². The highest BCUT2D eigenvalue weighted by atomic mass is 15.3. The Hall–Kier alpha value is -0.0400. The van der Waals surface area contributed by atoms with Crippen LogP contribution < -0.4 is 0 Å². The Kier molecular flexibility index (Phi) is 1.52. The molecule has 12 heavy (non-hydrogen) atoms. The van der Waals surface area contributed by atoms with Crippen molar-refractivity contribution in [3.05, 3.63) is 0 Å². The van der Waals surface area contributed by atoms with E-state index in [2.05, 4.69) is 11.8 Å². The van der Waals surface area contributed by atoms with Crippen LogP contribution in [0, 0.1) is 5.92 Å². The zero-order valence-corrected chi connectivity index (χ0v) is 8.00. The van der Waals surface area contributed by atoms with Crippen LogP contribution in [0.4, 0.5) is 0 Å². The topological polar surface area (TPSA) is 3.24 Å². The Bertz CT molecular complexity index is 189. The molecule has 68 valence electrons. The Balaban J connectivity index is 1.86. The molecular weight excluding hydrogens is 146 g/mol. The highest BCUT2D eigenvalue weighted by molar-refractivity contribution is 5.02. The first kappa shape index (κ1) is 7.37. The number of piperidine rings is 2. The summed E-state index contributed by atoms with van der Waals surface area (Å²) in [7, 11) is 0. The highest BCUT2D eigenvalue weighted by Crippen LogP contribution is 2.47. The third-order valence-corrected chi connectivity index (χ3v) is 4.42. The SMILES string of the molecule is CC1CCCC2C3CCC(C3)N12. The van der Waals surface area contributed by atoms with E-state index in [1.54, 1.807) is 6.42 Å². The smallest absolute Gasteiger partial charge is 0.0130 e. The maximum Gasteiger partial charge on any atom is 0.0130 e. The second-order valence-corrected chi connectivity index (χ2v) is 5.02. The van der Waals surface area contributed by atoms with Gasteiger partial charge in [-0.15, -0.1) is 0 Å². The van der Waals surface area contributed by atoms with Gasteiger partial charge in [-0.3, -0.25) is 4.90 Å². The van der Waals surface area contributed by atoms with Gasteiger partial charge in [0.25, 0.3) is 0 Å². The van der Waals surface area contributed by atoms with Crippen LogP contribution in [0.5, 0.6) is 0 Å². The van der Waals surface area contributed by atoms with Crippen LogP contribution >= 0.6 is 0 Å². The minimum atomic E-state index is 0.902. The van der Waals surface area contributed by atoms with Crippen LogP contribution in [0.25, 0.3) is 0 Å². The molecule has 1 saturated carbocycles. The molecule has 1 heteroatoms. The first-order valence-electron chi connectivity index (χ1n) is 5.63. The predicted octanol–water partition coefficient (Wildman–Crippen LogP) is 2.41. The molecule has 0 N–H and O–H groups in total. The second-order valence-electron chi connectivity index (χ2n) is 5.02. The summed E-state index contributed by atoms with van der Waals surface area (Å²) < 4.78 is 0. The molecule has 0 aromatic heterocycles. The Morgan fingerprint density at radius 2 is 2.00 bits per heavy atom. The lowest BCUT2D eigenvalue weighted by atomic mass is 9.88. The maximum atomic E-state index is 2.86. The lowest BCUT2D eigenvalue weighted by Gasteiger charge is -2.43. The van der Waals surface area contributed by atoms with Crippen LogP contribution in [0.3, 0.4) is 0 Å². The van der Waals surface area contributed by atoms with E-state index in [9.17, 15) is 0 Å². The molecule has 0 amide bonds. The predicted molar refractivity (Wildman–Crippen MR) is 50.1 cm³/mol. The molecule has 3 fully saturated rings. The van der Waals surface area contributed by atoms with Crippen LogP contribution in [0.1, 0.15) is 45.4 Å². The molecule has 2 heterocycles.